The van der Waals surface area contributed by atoms with Crippen LogP contribution in [-0.4, -0.2) is 24.5 Å². The molecule has 0 fully saturated rings. The molecule has 0 saturated carbocycles. The number of benzene rings is 2. The number of ether oxygens (including phenoxy) is 1. The fourth-order valence-corrected chi connectivity index (χ4v) is 3.22. The van der Waals surface area contributed by atoms with Gasteiger partial charge in [-0.05, 0) is 37.1 Å². The molecule has 6 nitrogen and oxygen atoms in total. The van der Waals surface area contributed by atoms with Gasteiger partial charge in [0.2, 0.25) is 5.91 Å². The number of carbonyl (C=O) groups is 2. The van der Waals surface area contributed by atoms with Crippen molar-refractivity contribution in [2.75, 3.05) is 17.2 Å². The maximum absolute atomic E-state index is 12.6. The van der Waals surface area contributed by atoms with Crippen LogP contribution < -0.4 is 20.7 Å². The van der Waals surface area contributed by atoms with Crippen molar-refractivity contribution in [3.05, 3.63) is 53.6 Å². The summed E-state index contributed by atoms with van der Waals surface area (Å²) in [5.41, 5.74) is 2.88. The summed E-state index contributed by atoms with van der Waals surface area (Å²) in [4.78, 5) is 24.9. The van der Waals surface area contributed by atoms with E-state index in [-0.39, 0.29) is 23.8 Å². The van der Waals surface area contributed by atoms with Crippen LogP contribution in [0.3, 0.4) is 0 Å². The number of carbonyl (C=O) groups excluding carboxylic acids is 2. The Labute approximate surface area is 165 Å². The molecule has 28 heavy (non-hydrogen) atoms. The summed E-state index contributed by atoms with van der Waals surface area (Å²) in [5, 5.41) is 9.12. The van der Waals surface area contributed by atoms with Gasteiger partial charge >= 0.3 is 0 Å². The number of rotatable bonds is 7. The summed E-state index contributed by atoms with van der Waals surface area (Å²) >= 11 is 0. The van der Waals surface area contributed by atoms with E-state index < -0.39 is 0 Å². The summed E-state index contributed by atoms with van der Waals surface area (Å²) in [7, 11) is 0. The molecule has 0 radical (unpaired) electrons. The van der Waals surface area contributed by atoms with E-state index in [4.69, 9.17) is 4.74 Å². The molecule has 0 aromatic heterocycles. The summed E-state index contributed by atoms with van der Waals surface area (Å²) in [6.45, 7) is 6.97. The van der Waals surface area contributed by atoms with Gasteiger partial charge in [-0.25, -0.2) is 0 Å². The van der Waals surface area contributed by atoms with Crippen molar-refractivity contribution in [3.63, 3.8) is 0 Å². The molecule has 0 spiro atoms. The molecule has 0 saturated heterocycles. The van der Waals surface area contributed by atoms with Gasteiger partial charge in [-0.3, -0.25) is 9.59 Å². The molecule has 0 aliphatic carbocycles. The molecular formula is C22H27N3O3. The molecule has 1 aliphatic heterocycles. The highest BCUT2D eigenvalue weighted by molar-refractivity contribution is 6.05. The third kappa shape index (κ3) is 4.27. The SMILES string of the molecule is CCOc1ccccc1CNC(=O)c1ccc2c(c1)NC(=O)[C@@H]([C@H](C)CC)N2. The van der Waals surface area contributed by atoms with Gasteiger partial charge in [0.15, 0.2) is 0 Å². The topological polar surface area (TPSA) is 79.5 Å². The summed E-state index contributed by atoms with van der Waals surface area (Å²) in [6.07, 6.45) is 0.907. The molecule has 3 rings (SSSR count). The first-order valence-electron chi connectivity index (χ1n) is 9.73. The molecule has 148 valence electrons. The Morgan fingerprint density at radius 3 is 2.71 bits per heavy atom. The maximum atomic E-state index is 12.6. The first-order valence-corrected chi connectivity index (χ1v) is 9.73. The monoisotopic (exact) mass is 381 g/mol. The quantitative estimate of drug-likeness (QED) is 0.682. The van der Waals surface area contributed by atoms with Gasteiger partial charge in [-0.1, -0.05) is 38.5 Å². The van der Waals surface area contributed by atoms with Crippen molar-refractivity contribution >= 4 is 23.2 Å². The van der Waals surface area contributed by atoms with Crippen molar-refractivity contribution in [1.29, 1.82) is 0 Å². The minimum absolute atomic E-state index is 0.0648. The van der Waals surface area contributed by atoms with E-state index in [0.717, 1.165) is 23.4 Å². The number of anilines is 2. The number of hydrogen-bond acceptors (Lipinski definition) is 4. The van der Waals surface area contributed by atoms with Crippen LogP contribution in [0.4, 0.5) is 11.4 Å². The van der Waals surface area contributed by atoms with Crippen LogP contribution >= 0.6 is 0 Å². The van der Waals surface area contributed by atoms with Crippen molar-refractivity contribution in [2.45, 2.75) is 39.8 Å². The van der Waals surface area contributed by atoms with Crippen molar-refractivity contribution < 1.29 is 14.3 Å². The van der Waals surface area contributed by atoms with Gasteiger partial charge in [0.1, 0.15) is 11.8 Å². The lowest BCUT2D eigenvalue weighted by Gasteiger charge is -2.30. The first kappa shape index (κ1) is 19.7. The highest BCUT2D eigenvalue weighted by atomic mass is 16.5. The predicted octanol–water partition coefficient (Wildman–Crippen LogP) is 3.79. The first-order chi connectivity index (χ1) is 13.5. The Hall–Kier alpha value is -3.02. The van der Waals surface area contributed by atoms with Crippen LogP contribution in [-0.2, 0) is 11.3 Å². The Bertz CT molecular complexity index is 866. The Morgan fingerprint density at radius 2 is 1.96 bits per heavy atom. The average molecular weight is 381 g/mol. The number of nitrogens with one attached hydrogen (secondary N) is 3. The van der Waals surface area contributed by atoms with Crippen LogP contribution in [0, 0.1) is 5.92 Å². The zero-order valence-corrected chi connectivity index (χ0v) is 16.5. The van der Waals surface area contributed by atoms with E-state index in [2.05, 4.69) is 22.9 Å². The molecule has 0 unspecified atom stereocenters. The molecular weight excluding hydrogens is 354 g/mol. The largest absolute Gasteiger partial charge is 0.494 e. The van der Waals surface area contributed by atoms with E-state index in [0.29, 0.717) is 24.4 Å². The molecule has 1 aliphatic rings. The van der Waals surface area contributed by atoms with Gasteiger partial charge in [0, 0.05) is 17.7 Å². The normalized spacial score (nSPS) is 16.4. The van der Waals surface area contributed by atoms with E-state index in [1.807, 2.05) is 44.2 Å². The highest BCUT2D eigenvalue weighted by Crippen LogP contribution is 2.30. The van der Waals surface area contributed by atoms with E-state index in [9.17, 15) is 9.59 Å². The van der Waals surface area contributed by atoms with Crippen molar-refractivity contribution in [2.24, 2.45) is 5.92 Å². The molecule has 3 N–H and O–H groups in total. The zero-order valence-electron chi connectivity index (χ0n) is 16.5. The number of para-hydroxylation sites is 1. The van der Waals surface area contributed by atoms with E-state index >= 15 is 0 Å². The Kier molecular flexibility index (Phi) is 6.19. The number of hydrogen-bond donors (Lipinski definition) is 3. The average Bonchev–Trinajstić information content (AvgIpc) is 2.71. The Balaban J connectivity index is 1.70. The van der Waals surface area contributed by atoms with Gasteiger partial charge in [0.25, 0.3) is 5.91 Å². The number of fused-ring (bicyclic) bond motifs is 1. The predicted molar refractivity (Wildman–Crippen MR) is 111 cm³/mol. The van der Waals surface area contributed by atoms with E-state index in [1.165, 1.54) is 0 Å². The van der Waals surface area contributed by atoms with Gasteiger partial charge in [-0.2, -0.15) is 0 Å². The number of amides is 2. The molecule has 2 atom stereocenters. The molecule has 6 heteroatoms. The van der Waals surface area contributed by atoms with Crippen LogP contribution in [0.2, 0.25) is 0 Å². The Morgan fingerprint density at radius 1 is 1.18 bits per heavy atom. The van der Waals surface area contributed by atoms with Crippen LogP contribution in [0.15, 0.2) is 42.5 Å². The summed E-state index contributed by atoms with van der Waals surface area (Å²) < 4.78 is 5.59. The summed E-state index contributed by atoms with van der Waals surface area (Å²) in [6, 6.07) is 12.7. The van der Waals surface area contributed by atoms with Crippen LogP contribution in [0.5, 0.6) is 5.75 Å². The maximum Gasteiger partial charge on any atom is 0.251 e. The molecule has 1 heterocycles. The fraction of sp³-hybridized carbons (Fsp3) is 0.364. The third-order valence-corrected chi connectivity index (χ3v) is 5.06. The smallest absolute Gasteiger partial charge is 0.251 e. The molecule has 2 aromatic carbocycles. The second-order valence-corrected chi connectivity index (χ2v) is 6.98. The molecule has 2 aromatic rings. The highest BCUT2D eigenvalue weighted by Gasteiger charge is 2.29. The standard InChI is InChI=1S/C22H27N3O3/c1-4-14(3)20-22(27)25-18-12-15(10-11-17(18)24-20)21(26)23-13-16-8-6-7-9-19(16)28-5-2/h6-12,14,20,24H,4-5,13H2,1-3H3,(H,23,26)(H,25,27)/t14-,20-/m1/s1. The van der Waals surface area contributed by atoms with Crippen molar-refractivity contribution in [3.8, 4) is 5.75 Å². The minimum atomic E-state index is -0.257. The second kappa shape index (κ2) is 8.78. The molecule has 2 amide bonds. The van der Waals surface area contributed by atoms with Crippen LogP contribution in [0.25, 0.3) is 0 Å². The third-order valence-electron chi connectivity index (χ3n) is 5.06. The van der Waals surface area contributed by atoms with E-state index in [1.54, 1.807) is 12.1 Å². The summed E-state index contributed by atoms with van der Waals surface area (Å²) in [5.74, 6) is 0.724. The van der Waals surface area contributed by atoms with Crippen molar-refractivity contribution in [1.82, 2.24) is 5.32 Å². The second-order valence-electron chi connectivity index (χ2n) is 6.98. The zero-order chi connectivity index (χ0) is 20.1. The lowest BCUT2D eigenvalue weighted by molar-refractivity contribution is -0.118. The van der Waals surface area contributed by atoms with Gasteiger partial charge in [0.05, 0.1) is 18.0 Å². The van der Waals surface area contributed by atoms with Crippen LogP contribution in [0.1, 0.15) is 43.1 Å². The van der Waals surface area contributed by atoms with Gasteiger partial charge < -0.3 is 20.7 Å². The lowest BCUT2D eigenvalue weighted by atomic mass is 9.95. The van der Waals surface area contributed by atoms with Gasteiger partial charge in [-0.15, -0.1) is 0 Å². The molecule has 0 bridgehead atoms. The lowest BCUT2D eigenvalue weighted by Crippen LogP contribution is -2.43. The minimum Gasteiger partial charge on any atom is -0.494 e. The fourth-order valence-electron chi connectivity index (χ4n) is 3.22.